The van der Waals surface area contributed by atoms with Gasteiger partial charge in [0.25, 0.3) is 5.91 Å². The molecule has 3 aliphatic heterocycles. The van der Waals surface area contributed by atoms with Crippen molar-refractivity contribution in [3.8, 4) is 11.3 Å². The molecular weight excluding hydrogens is 432 g/mol. The first kappa shape index (κ1) is 21.6. The Morgan fingerprint density at radius 3 is 2.75 bits per heavy atom. The predicted octanol–water partition coefficient (Wildman–Crippen LogP) is 0.939. The molecule has 0 radical (unpaired) electrons. The monoisotopic (exact) mass is 460 g/mol. The summed E-state index contributed by atoms with van der Waals surface area (Å²) in [5.41, 5.74) is 2.09. The SMILES string of the molecule is O=C(c1nn(C2CCCN(CCO)C2)c2c1CS(=O)(=O)c1ccccc1-2)N1CCOCC1. The number of hydrogen-bond donors (Lipinski definition) is 1. The Morgan fingerprint density at radius 1 is 1.19 bits per heavy atom. The Hall–Kier alpha value is -2.27. The number of piperidine rings is 1. The Balaban J connectivity index is 1.64. The van der Waals surface area contributed by atoms with Gasteiger partial charge in [0.05, 0.1) is 42.2 Å². The third-order valence-corrected chi connectivity index (χ3v) is 8.26. The number of aromatic nitrogens is 2. The fourth-order valence-corrected chi connectivity index (χ4v) is 6.61. The second-order valence-electron chi connectivity index (χ2n) is 8.60. The summed E-state index contributed by atoms with van der Waals surface area (Å²) in [7, 11) is -3.57. The summed E-state index contributed by atoms with van der Waals surface area (Å²) in [5.74, 6) is -0.460. The summed E-state index contributed by atoms with van der Waals surface area (Å²) in [6, 6.07) is 6.99. The first-order chi connectivity index (χ1) is 15.5. The summed E-state index contributed by atoms with van der Waals surface area (Å²) in [5, 5.41) is 14.2. The number of benzene rings is 1. The van der Waals surface area contributed by atoms with E-state index in [1.165, 1.54) is 0 Å². The van der Waals surface area contributed by atoms with Gasteiger partial charge in [-0.1, -0.05) is 18.2 Å². The fraction of sp³-hybridized carbons (Fsp3) is 0.545. The molecule has 1 aromatic carbocycles. The summed E-state index contributed by atoms with van der Waals surface area (Å²) in [6.07, 6.45) is 1.84. The minimum atomic E-state index is -3.57. The number of hydrogen-bond acceptors (Lipinski definition) is 7. The van der Waals surface area contributed by atoms with Gasteiger partial charge in [0, 0.05) is 37.3 Å². The lowest BCUT2D eigenvalue weighted by Gasteiger charge is -2.33. The van der Waals surface area contributed by atoms with Crippen LogP contribution >= 0.6 is 0 Å². The van der Waals surface area contributed by atoms with Gasteiger partial charge < -0.3 is 14.7 Å². The predicted molar refractivity (Wildman–Crippen MR) is 117 cm³/mol. The maximum absolute atomic E-state index is 13.4. The molecule has 0 aliphatic carbocycles. The topological polar surface area (TPSA) is 105 Å². The van der Waals surface area contributed by atoms with Crippen molar-refractivity contribution in [2.75, 3.05) is 52.5 Å². The van der Waals surface area contributed by atoms with Gasteiger partial charge in [0.15, 0.2) is 15.5 Å². The first-order valence-corrected chi connectivity index (χ1v) is 12.8. The molecule has 0 bridgehead atoms. The van der Waals surface area contributed by atoms with Gasteiger partial charge in [0.2, 0.25) is 0 Å². The van der Waals surface area contributed by atoms with Crippen molar-refractivity contribution in [2.45, 2.75) is 29.5 Å². The zero-order chi connectivity index (χ0) is 22.3. The van der Waals surface area contributed by atoms with E-state index in [-0.39, 0.29) is 30.0 Å². The Labute approximate surface area is 187 Å². The third kappa shape index (κ3) is 3.75. The molecule has 0 saturated carbocycles. The van der Waals surface area contributed by atoms with E-state index in [0.717, 1.165) is 25.1 Å². The molecule has 1 unspecified atom stereocenters. The highest BCUT2D eigenvalue weighted by Gasteiger charge is 2.38. The maximum Gasteiger partial charge on any atom is 0.274 e. The molecule has 1 aromatic heterocycles. The number of β-amino-alcohol motifs (C(OH)–C–C–N with tert-alkyl or cyclic N) is 1. The largest absolute Gasteiger partial charge is 0.395 e. The minimum absolute atomic E-state index is 0.00384. The molecule has 9 nitrogen and oxygen atoms in total. The summed E-state index contributed by atoms with van der Waals surface area (Å²) < 4.78 is 33.4. The summed E-state index contributed by atoms with van der Waals surface area (Å²) >= 11 is 0. The number of aliphatic hydroxyl groups is 1. The number of nitrogens with zero attached hydrogens (tertiary/aromatic N) is 4. The van der Waals surface area contributed by atoms with Crippen molar-refractivity contribution >= 4 is 15.7 Å². The number of carbonyl (C=O) groups excluding carboxylic acids is 1. The van der Waals surface area contributed by atoms with E-state index in [4.69, 9.17) is 9.84 Å². The molecule has 10 heteroatoms. The van der Waals surface area contributed by atoms with Crippen LogP contribution in [-0.2, 0) is 20.3 Å². The molecule has 3 aliphatic rings. The van der Waals surface area contributed by atoms with Gasteiger partial charge in [-0.2, -0.15) is 5.10 Å². The number of morpholine rings is 1. The van der Waals surface area contributed by atoms with E-state index < -0.39 is 9.84 Å². The lowest BCUT2D eigenvalue weighted by atomic mass is 10.0. The van der Waals surface area contributed by atoms with Crippen LogP contribution in [0.25, 0.3) is 11.3 Å². The van der Waals surface area contributed by atoms with Crippen molar-refractivity contribution < 1.29 is 23.1 Å². The average molecular weight is 461 g/mol. The molecule has 1 N–H and O–H groups in total. The molecule has 1 amide bonds. The van der Waals surface area contributed by atoms with Crippen LogP contribution in [0.5, 0.6) is 0 Å². The van der Waals surface area contributed by atoms with E-state index in [0.29, 0.717) is 55.4 Å². The van der Waals surface area contributed by atoms with E-state index in [1.54, 1.807) is 23.1 Å². The van der Waals surface area contributed by atoms with Gasteiger partial charge in [-0.05, 0) is 25.5 Å². The lowest BCUT2D eigenvalue weighted by molar-refractivity contribution is 0.0297. The zero-order valence-electron chi connectivity index (χ0n) is 17.9. The number of aliphatic hydroxyl groups excluding tert-OH is 1. The summed E-state index contributed by atoms with van der Waals surface area (Å²) in [4.78, 5) is 17.6. The number of sulfone groups is 1. The van der Waals surface area contributed by atoms with E-state index >= 15 is 0 Å². The van der Waals surface area contributed by atoms with Crippen LogP contribution in [0.3, 0.4) is 0 Å². The van der Waals surface area contributed by atoms with E-state index in [9.17, 15) is 18.3 Å². The number of rotatable bonds is 4. The smallest absolute Gasteiger partial charge is 0.274 e. The fourth-order valence-electron chi connectivity index (χ4n) is 5.02. The molecule has 32 heavy (non-hydrogen) atoms. The van der Waals surface area contributed by atoms with Crippen molar-refractivity contribution in [2.24, 2.45) is 0 Å². The quantitative estimate of drug-likeness (QED) is 0.724. The minimum Gasteiger partial charge on any atom is -0.395 e. The molecule has 4 heterocycles. The maximum atomic E-state index is 13.4. The molecule has 5 rings (SSSR count). The molecule has 1 atom stereocenters. The highest BCUT2D eigenvalue weighted by molar-refractivity contribution is 7.90. The van der Waals surface area contributed by atoms with Gasteiger partial charge in [-0.15, -0.1) is 0 Å². The number of likely N-dealkylation sites (tertiary alicyclic amines) is 1. The second kappa shape index (κ2) is 8.58. The first-order valence-electron chi connectivity index (χ1n) is 11.1. The lowest BCUT2D eigenvalue weighted by Crippen LogP contribution is -2.41. The van der Waals surface area contributed by atoms with Crippen LogP contribution in [0.1, 0.15) is 34.9 Å². The van der Waals surface area contributed by atoms with Crippen molar-refractivity contribution in [1.82, 2.24) is 19.6 Å². The molecule has 172 valence electrons. The van der Waals surface area contributed by atoms with Crippen molar-refractivity contribution in [3.63, 3.8) is 0 Å². The van der Waals surface area contributed by atoms with Gasteiger partial charge in [-0.3, -0.25) is 14.4 Å². The van der Waals surface area contributed by atoms with Crippen LogP contribution in [0.15, 0.2) is 29.2 Å². The van der Waals surface area contributed by atoms with Gasteiger partial charge in [0.1, 0.15) is 0 Å². The average Bonchev–Trinajstić information content (AvgIpc) is 3.18. The normalized spacial score (nSPS) is 22.9. The number of ether oxygens (including phenoxy) is 1. The second-order valence-corrected chi connectivity index (χ2v) is 10.6. The van der Waals surface area contributed by atoms with Crippen LogP contribution in [-0.4, -0.2) is 91.6 Å². The molecular formula is C22H28N4O5S. The molecule has 0 spiro atoms. The van der Waals surface area contributed by atoms with Crippen LogP contribution in [0.4, 0.5) is 0 Å². The number of fused-ring (bicyclic) bond motifs is 3. The zero-order valence-corrected chi connectivity index (χ0v) is 18.8. The molecule has 2 saturated heterocycles. The van der Waals surface area contributed by atoms with E-state index in [2.05, 4.69) is 4.90 Å². The van der Waals surface area contributed by atoms with Crippen molar-refractivity contribution in [1.29, 1.82) is 0 Å². The number of carbonyl (C=O) groups is 1. The van der Waals surface area contributed by atoms with Gasteiger partial charge in [-0.25, -0.2) is 8.42 Å². The molecule has 2 fully saturated rings. The van der Waals surface area contributed by atoms with Crippen LogP contribution in [0.2, 0.25) is 0 Å². The Morgan fingerprint density at radius 2 is 1.97 bits per heavy atom. The third-order valence-electron chi connectivity index (χ3n) is 6.56. The van der Waals surface area contributed by atoms with Crippen LogP contribution in [0, 0.1) is 0 Å². The molecule has 2 aromatic rings. The van der Waals surface area contributed by atoms with Gasteiger partial charge >= 0.3 is 0 Å². The van der Waals surface area contributed by atoms with E-state index in [1.807, 2.05) is 10.7 Å². The highest BCUT2D eigenvalue weighted by Crippen LogP contribution is 2.41. The Bertz CT molecular complexity index is 1120. The van der Waals surface area contributed by atoms with Crippen LogP contribution < -0.4 is 0 Å². The Kier molecular flexibility index (Phi) is 5.79. The summed E-state index contributed by atoms with van der Waals surface area (Å²) in [6.45, 7) is 4.16. The van der Waals surface area contributed by atoms with Crippen molar-refractivity contribution in [3.05, 3.63) is 35.5 Å². The number of amides is 1. The highest BCUT2D eigenvalue weighted by atomic mass is 32.2. The standard InChI is InChI=1S/C22H28N4O5S/c27-11-8-24-7-3-4-16(14-24)26-21-17-5-1-2-6-19(17)32(29,30)15-18(21)20(23-26)22(28)25-9-12-31-13-10-25/h1-2,5-6,16,27H,3-4,7-15H2.